The molecule has 1 fully saturated rings. The Balaban J connectivity index is 1.60. The van der Waals surface area contributed by atoms with E-state index in [1.165, 1.54) is 12.5 Å². The third-order valence-electron chi connectivity index (χ3n) is 7.45. The first-order chi connectivity index (χ1) is 15.3. The van der Waals surface area contributed by atoms with Gasteiger partial charge in [-0.25, -0.2) is 4.79 Å². The highest BCUT2D eigenvalue weighted by Gasteiger charge is 2.54. The second-order valence-corrected chi connectivity index (χ2v) is 10.0. The van der Waals surface area contributed by atoms with E-state index < -0.39 is 0 Å². The van der Waals surface area contributed by atoms with Crippen LogP contribution in [0.25, 0.3) is 0 Å². The van der Waals surface area contributed by atoms with Gasteiger partial charge < -0.3 is 9.47 Å². The van der Waals surface area contributed by atoms with E-state index >= 15 is 0 Å². The van der Waals surface area contributed by atoms with Gasteiger partial charge in [-0.15, -0.1) is 0 Å². The minimum Gasteiger partial charge on any atom is -0.458 e. The molecule has 1 aromatic rings. The van der Waals surface area contributed by atoms with Crippen LogP contribution in [0.1, 0.15) is 69.7 Å². The number of rotatable bonds is 5. The van der Waals surface area contributed by atoms with Crippen molar-refractivity contribution >= 4 is 23.5 Å². The number of hydrogen-bond acceptors (Lipinski definition) is 4. The summed E-state index contributed by atoms with van der Waals surface area (Å²) >= 11 is 6.12. The summed E-state index contributed by atoms with van der Waals surface area (Å²) in [7, 11) is 0. The lowest BCUT2D eigenvalue weighted by Gasteiger charge is -2.46. The molecule has 32 heavy (non-hydrogen) atoms. The van der Waals surface area contributed by atoms with E-state index in [1.54, 1.807) is 12.1 Å². The minimum absolute atomic E-state index is 0.0824. The van der Waals surface area contributed by atoms with Gasteiger partial charge >= 0.3 is 11.9 Å². The summed E-state index contributed by atoms with van der Waals surface area (Å²) in [6.07, 6.45) is 9.30. The summed E-state index contributed by atoms with van der Waals surface area (Å²) < 4.78 is 11.7. The number of esters is 2. The normalized spacial score (nSPS) is 29.7. The number of benzene rings is 1. The smallest absolute Gasteiger partial charge is 0.338 e. The number of hydrogen-bond donors (Lipinski definition) is 0. The van der Waals surface area contributed by atoms with E-state index in [-0.39, 0.29) is 23.5 Å². The quantitative estimate of drug-likeness (QED) is 0.463. The van der Waals surface area contributed by atoms with Crippen molar-refractivity contribution in [2.75, 3.05) is 0 Å². The average molecular weight is 455 g/mol. The van der Waals surface area contributed by atoms with Crippen molar-refractivity contribution in [1.29, 1.82) is 0 Å². The molecule has 0 saturated heterocycles. The van der Waals surface area contributed by atoms with Crippen molar-refractivity contribution in [2.45, 2.75) is 65.4 Å². The van der Waals surface area contributed by atoms with Crippen LogP contribution >= 0.6 is 11.6 Å². The zero-order valence-corrected chi connectivity index (χ0v) is 19.8. The summed E-state index contributed by atoms with van der Waals surface area (Å²) in [5.74, 6) is 1.08. The highest BCUT2D eigenvalue weighted by Crippen LogP contribution is 2.59. The first-order valence-corrected chi connectivity index (χ1v) is 11.9. The summed E-state index contributed by atoms with van der Waals surface area (Å²) in [6, 6.07) is 9.22. The molecule has 4 atom stereocenters. The van der Waals surface area contributed by atoms with Gasteiger partial charge in [-0.1, -0.05) is 48.9 Å². The Morgan fingerprint density at radius 1 is 1.16 bits per heavy atom. The van der Waals surface area contributed by atoms with E-state index in [0.29, 0.717) is 23.8 Å². The maximum Gasteiger partial charge on any atom is 0.338 e. The van der Waals surface area contributed by atoms with E-state index in [0.717, 1.165) is 48.5 Å². The van der Waals surface area contributed by atoms with Crippen LogP contribution in [0.5, 0.6) is 0 Å². The van der Waals surface area contributed by atoms with Crippen molar-refractivity contribution < 1.29 is 19.1 Å². The summed E-state index contributed by atoms with van der Waals surface area (Å²) in [6.45, 7) is 5.59. The number of ether oxygens (including phenoxy) is 2. The zero-order chi connectivity index (χ0) is 22.9. The van der Waals surface area contributed by atoms with E-state index in [4.69, 9.17) is 21.1 Å². The van der Waals surface area contributed by atoms with Crippen molar-refractivity contribution in [3.05, 3.63) is 70.0 Å². The van der Waals surface area contributed by atoms with Gasteiger partial charge in [0, 0.05) is 23.8 Å². The second kappa shape index (κ2) is 9.27. The first-order valence-electron chi connectivity index (χ1n) is 11.5. The van der Waals surface area contributed by atoms with Crippen LogP contribution in [0.2, 0.25) is 0 Å². The number of halogens is 1. The molecular weight excluding hydrogens is 424 g/mol. The van der Waals surface area contributed by atoms with E-state index in [1.807, 2.05) is 31.2 Å². The molecule has 0 spiro atoms. The third-order valence-corrected chi connectivity index (χ3v) is 7.60. The minimum atomic E-state index is -0.280. The number of carbonyl (C=O) groups is 2. The lowest BCUT2D eigenvalue weighted by Crippen LogP contribution is -2.42. The molecule has 5 heteroatoms. The molecule has 170 valence electrons. The summed E-state index contributed by atoms with van der Waals surface area (Å²) in [5, 5.41) is 0.733. The Morgan fingerprint density at radius 2 is 1.91 bits per heavy atom. The Hall–Kier alpha value is -2.33. The molecule has 0 aliphatic heterocycles. The van der Waals surface area contributed by atoms with Gasteiger partial charge in [-0.2, -0.15) is 0 Å². The Morgan fingerprint density at radius 3 is 2.59 bits per heavy atom. The van der Waals surface area contributed by atoms with Crippen LogP contribution in [0.15, 0.2) is 64.4 Å². The Kier molecular flexibility index (Phi) is 6.62. The number of carbonyl (C=O) groups excluding carboxylic acids is 2. The van der Waals surface area contributed by atoms with Crippen molar-refractivity contribution in [3.63, 3.8) is 0 Å². The summed E-state index contributed by atoms with van der Waals surface area (Å²) in [4.78, 5) is 24.4. The van der Waals surface area contributed by atoms with Crippen molar-refractivity contribution in [1.82, 2.24) is 0 Å². The van der Waals surface area contributed by atoms with Crippen molar-refractivity contribution in [2.24, 2.45) is 17.3 Å². The number of allylic oxidation sites excluding steroid dienone is 6. The molecule has 1 saturated carbocycles. The monoisotopic (exact) mass is 454 g/mol. The topological polar surface area (TPSA) is 52.6 Å². The molecule has 3 aliphatic carbocycles. The predicted molar refractivity (Wildman–Crippen MR) is 125 cm³/mol. The molecule has 1 aromatic carbocycles. The van der Waals surface area contributed by atoms with Gasteiger partial charge in [0.15, 0.2) is 0 Å². The standard InChI is InChI=1S/C27H31ClO4/c1-17(28)9-10-22-20-15-16-27(3)23(21(20)11-13-24(22)31-18(2)29)12-14-25(27)32-26(30)19-7-5-4-6-8-19/h4-9,15,21,23,25H,10-14,16H2,1-3H3/b17-9-/t21-,23+,25+,27+/m1/s1. The lowest BCUT2D eigenvalue weighted by atomic mass is 9.60. The zero-order valence-electron chi connectivity index (χ0n) is 19.0. The molecule has 0 N–H and O–H groups in total. The van der Waals surface area contributed by atoms with Gasteiger partial charge in [0.1, 0.15) is 11.9 Å². The van der Waals surface area contributed by atoms with Crippen LogP contribution in [-0.2, 0) is 14.3 Å². The summed E-state index contributed by atoms with van der Waals surface area (Å²) in [5.41, 5.74) is 2.91. The number of fused-ring (bicyclic) bond motifs is 3. The highest BCUT2D eigenvalue weighted by molar-refractivity contribution is 6.29. The molecule has 0 unspecified atom stereocenters. The molecule has 0 aromatic heterocycles. The second-order valence-electron chi connectivity index (χ2n) is 9.45. The van der Waals surface area contributed by atoms with Gasteiger partial charge in [0.25, 0.3) is 0 Å². The van der Waals surface area contributed by atoms with Crippen LogP contribution in [0.3, 0.4) is 0 Å². The molecule has 0 amide bonds. The average Bonchev–Trinajstić information content (AvgIpc) is 3.09. The molecule has 0 heterocycles. The first kappa shape index (κ1) is 22.8. The third kappa shape index (κ3) is 4.43. The SMILES string of the molecule is CC(=O)OC1=C(C/C=C(/C)Cl)C2=CC[C@]3(C)[C@@H](OC(=O)c4ccccc4)CC[C@H]3[C@@H]2CC1. The van der Waals surface area contributed by atoms with Crippen LogP contribution in [0, 0.1) is 17.3 Å². The molecule has 4 nitrogen and oxygen atoms in total. The van der Waals surface area contributed by atoms with E-state index in [9.17, 15) is 9.59 Å². The maximum atomic E-state index is 12.7. The molecule has 3 aliphatic rings. The Bertz CT molecular complexity index is 986. The van der Waals surface area contributed by atoms with Crippen molar-refractivity contribution in [3.8, 4) is 0 Å². The fraction of sp³-hybridized carbons (Fsp3) is 0.481. The van der Waals surface area contributed by atoms with Crippen LogP contribution in [-0.4, -0.2) is 18.0 Å². The molecule has 4 rings (SSSR count). The van der Waals surface area contributed by atoms with Gasteiger partial charge in [0.05, 0.1) is 5.56 Å². The van der Waals surface area contributed by atoms with Crippen LogP contribution in [0.4, 0.5) is 0 Å². The molecule has 0 bridgehead atoms. The Labute approximate surface area is 195 Å². The van der Waals surface area contributed by atoms with Gasteiger partial charge in [-0.05, 0) is 74.1 Å². The predicted octanol–water partition coefficient (Wildman–Crippen LogP) is 6.72. The lowest BCUT2D eigenvalue weighted by molar-refractivity contribution is -0.137. The van der Waals surface area contributed by atoms with E-state index in [2.05, 4.69) is 13.0 Å². The van der Waals surface area contributed by atoms with Gasteiger partial charge in [0.2, 0.25) is 0 Å². The van der Waals surface area contributed by atoms with Gasteiger partial charge in [-0.3, -0.25) is 4.79 Å². The molecular formula is C27H31ClO4. The maximum absolute atomic E-state index is 12.7. The largest absolute Gasteiger partial charge is 0.458 e. The highest BCUT2D eigenvalue weighted by atomic mass is 35.5. The fourth-order valence-corrected chi connectivity index (χ4v) is 5.98. The fourth-order valence-electron chi connectivity index (χ4n) is 5.90. The van der Waals surface area contributed by atoms with Crippen LogP contribution < -0.4 is 0 Å². The molecule has 0 radical (unpaired) electrons.